The standard InChI is InChI=1S/C30H43N5O8S3/c1-21-16-35(22(2)19-36)30(37)25-15-24(32-45(38,39)29-10-8-14-44-29)11-12-26(25)43-23(3)9-6-7-13-42-27(21)17-34(5)46(40,41)28-18-33(4)20-31-28/h8,10-12,14-15,18,20-23,27,32,36H,6-7,9,13,16-17,19H2,1-5H3/t21-,22+,23-,27-/m0/s1. The van der Waals surface area contributed by atoms with Gasteiger partial charge in [0.05, 0.1) is 36.7 Å². The van der Waals surface area contributed by atoms with Crippen molar-refractivity contribution < 1.29 is 36.2 Å². The van der Waals surface area contributed by atoms with Gasteiger partial charge in [-0.25, -0.2) is 21.8 Å². The van der Waals surface area contributed by atoms with E-state index in [2.05, 4.69) is 9.71 Å². The Labute approximate surface area is 275 Å². The molecule has 0 radical (unpaired) electrons. The Bertz CT molecular complexity index is 1680. The van der Waals surface area contributed by atoms with Crippen LogP contribution in [0.4, 0.5) is 5.69 Å². The van der Waals surface area contributed by atoms with Gasteiger partial charge >= 0.3 is 0 Å². The third-order valence-electron chi connectivity index (χ3n) is 7.86. The number of benzene rings is 1. The maximum atomic E-state index is 14.3. The Hall–Kier alpha value is -3.02. The van der Waals surface area contributed by atoms with Crippen molar-refractivity contribution >= 4 is 43.0 Å². The minimum absolute atomic E-state index is 0.0142. The lowest BCUT2D eigenvalue weighted by Crippen LogP contribution is -2.48. The number of aliphatic hydroxyl groups excluding tert-OH is 1. The number of fused-ring (bicyclic) bond motifs is 1. The zero-order valence-corrected chi connectivity index (χ0v) is 29.1. The summed E-state index contributed by atoms with van der Waals surface area (Å²) < 4.78 is 70.4. The molecule has 3 heterocycles. The van der Waals surface area contributed by atoms with Crippen LogP contribution in [0.3, 0.4) is 0 Å². The van der Waals surface area contributed by atoms with Crippen molar-refractivity contribution in [1.82, 2.24) is 18.8 Å². The molecule has 4 rings (SSSR count). The van der Waals surface area contributed by atoms with Crippen LogP contribution in [-0.4, -0.2) is 98.2 Å². The minimum atomic E-state index is -3.90. The summed E-state index contributed by atoms with van der Waals surface area (Å²) in [4.78, 5) is 19.8. The van der Waals surface area contributed by atoms with Crippen LogP contribution in [0.15, 0.2) is 57.5 Å². The number of nitrogens with one attached hydrogen (secondary N) is 1. The van der Waals surface area contributed by atoms with Gasteiger partial charge in [-0.3, -0.25) is 9.52 Å². The first-order valence-corrected chi connectivity index (χ1v) is 18.9. The Balaban J connectivity index is 1.67. The summed E-state index contributed by atoms with van der Waals surface area (Å²) in [6.07, 6.45) is 4.12. The summed E-state index contributed by atoms with van der Waals surface area (Å²) in [5.41, 5.74) is 0.320. The first-order chi connectivity index (χ1) is 21.7. The average molecular weight is 698 g/mol. The van der Waals surface area contributed by atoms with Crippen molar-refractivity contribution in [3.63, 3.8) is 0 Å². The number of thiophene rings is 1. The molecule has 3 aromatic rings. The number of amides is 1. The van der Waals surface area contributed by atoms with Crippen molar-refractivity contribution in [3.8, 4) is 5.75 Å². The predicted octanol–water partition coefficient (Wildman–Crippen LogP) is 3.40. The maximum absolute atomic E-state index is 14.3. The van der Waals surface area contributed by atoms with Gasteiger partial charge in [0.15, 0.2) is 5.03 Å². The highest BCUT2D eigenvalue weighted by molar-refractivity contribution is 7.94. The molecule has 16 heteroatoms. The third-order valence-corrected chi connectivity index (χ3v) is 12.3. The predicted molar refractivity (Wildman–Crippen MR) is 175 cm³/mol. The summed E-state index contributed by atoms with van der Waals surface area (Å²) >= 11 is 1.08. The molecule has 0 saturated carbocycles. The zero-order chi connectivity index (χ0) is 33.6. The Morgan fingerprint density at radius 3 is 2.61 bits per heavy atom. The number of sulfonamides is 2. The molecule has 2 aromatic heterocycles. The van der Waals surface area contributed by atoms with Crippen LogP contribution in [-0.2, 0) is 31.8 Å². The number of hydrogen-bond donors (Lipinski definition) is 2. The van der Waals surface area contributed by atoms with Crippen LogP contribution in [0.25, 0.3) is 0 Å². The lowest BCUT2D eigenvalue weighted by molar-refractivity contribution is -0.00835. The van der Waals surface area contributed by atoms with Crippen LogP contribution in [0.1, 0.15) is 50.4 Å². The molecule has 0 spiro atoms. The van der Waals surface area contributed by atoms with Gasteiger partial charge in [0.1, 0.15) is 9.96 Å². The molecule has 0 fully saturated rings. The van der Waals surface area contributed by atoms with Gasteiger partial charge in [-0.15, -0.1) is 11.3 Å². The number of anilines is 1. The second kappa shape index (κ2) is 15.3. The van der Waals surface area contributed by atoms with E-state index in [1.54, 1.807) is 42.1 Å². The Morgan fingerprint density at radius 1 is 1.20 bits per heavy atom. The normalized spacial score (nSPS) is 21.3. The van der Waals surface area contributed by atoms with Gasteiger partial charge < -0.3 is 24.0 Å². The number of aliphatic hydroxyl groups is 1. The number of nitrogens with zero attached hydrogens (tertiary/aromatic N) is 4. The molecule has 1 aliphatic rings. The fourth-order valence-corrected chi connectivity index (χ4v) is 8.29. The van der Waals surface area contributed by atoms with Crippen molar-refractivity contribution in [1.29, 1.82) is 0 Å². The van der Waals surface area contributed by atoms with E-state index < -0.39 is 38.1 Å². The van der Waals surface area contributed by atoms with Crippen LogP contribution in [0, 0.1) is 5.92 Å². The summed E-state index contributed by atoms with van der Waals surface area (Å²) in [6, 6.07) is 7.08. The number of carbonyl (C=O) groups is 1. The first kappa shape index (κ1) is 35.8. The largest absolute Gasteiger partial charge is 0.490 e. The van der Waals surface area contributed by atoms with Crippen LogP contribution < -0.4 is 9.46 Å². The molecule has 46 heavy (non-hydrogen) atoms. The van der Waals surface area contributed by atoms with Crippen molar-refractivity contribution in [2.24, 2.45) is 13.0 Å². The van der Waals surface area contributed by atoms with Crippen LogP contribution in [0.5, 0.6) is 5.75 Å². The molecule has 4 atom stereocenters. The Kier molecular flexibility index (Phi) is 11.9. The van der Waals surface area contributed by atoms with Gasteiger partial charge in [0.25, 0.3) is 26.0 Å². The monoisotopic (exact) mass is 697 g/mol. The minimum Gasteiger partial charge on any atom is -0.490 e. The average Bonchev–Trinajstić information content (AvgIpc) is 3.72. The highest BCUT2D eigenvalue weighted by Gasteiger charge is 2.33. The van der Waals surface area contributed by atoms with Crippen molar-refractivity contribution in [2.45, 2.75) is 67.5 Å². The second-order valence-electron chi connectivity index (χ2n) is 11.7. The number of ether oxygens (including phenoxy) is 2. The Morgan fingerprint density at radius 2 is 1.96 bits per heavy atom. The molecular formula is C30H43N5O8S3. The van der Waals surface area contributed by atoms with E-state index in [1.165, 1.54) is 40.9 Å². The van der Waals surface area contributed by atoms with Crippen molar-refractivity contribution in [3.05, 3.63) is 53.8 Å². The van der Waals surface area contributed by atoms with E-state index in [0.717, 1.165) is 17.8 Å². The number of aryl methyl sites for hydroxylation is 1. The summed E-state index contributed by atoms with van der Waals surface area (Å²) in [7, 11) is -4.62. The summed E-state index contributed by atoms with van der Waals surface area (Å²) in [5.74, 6) is -0.547. The van der Waals surface area contributed by atoms with Gasteiger partial charge in [-0.2, -0.15) is 4.31 Å². The molecule has 2 N–H and O–H groups in total. The van der Waals surface area contributed by atoms with Crippen molar-refractivity contribution in [2.75, 3.05) is 38.1 Å². The molecule has 0 aliphatic carbocycles. The summed E-state index contributed by atoms with van der Waals surface area (Å²) in [6.45, 7) is 5.64. The number of rotatable bonds is 9. The number of likely N-dealkylation sites (N-methyl/N-ethyl adjacent to an activating group) is 1. The number of imidazole rings is 1. The molecule has 0 saturated heterocycles. The number of aromatic nitrogens is 2. The zero-order valence-electron chi connectivity index (χ0n) is 26.7. The quantitative estimate of drug-likeness (QED) is 0.342. The molecule has 1 aliphatic heterocycles. The molecule has 1 aromatic carbocycles. The lowest BCUT2D eigenvalue weighted by atomic mass is 10.0. The molecule has 1 amide bonds. The van der Waals surface area contributed by atoms with Gasteiger partial charge in [-0.1, -0.05) is 13.0 Å². The fraction of sp³-hybridized carbons (Fsp3) is 0.533. The molecule has 0 unspecified atom stereocenters. The fourth-order valence-electron chi connectivity index (χ4n) is 5.10. The third kappa shape index (κ3) is 8.66. The molecular weight excluding hydrogens is 655 g/mol. The number of hydrogen-bond acceptors (Lipinski definition) is 10. The van der Waals surface area contributed by atoms with E-state index in [1.807, 2.05) is 13.8 Å². The van der Waals surface area contributed by atoms with Gasteiger partial charge in [0, 0.05) is 51.6 Å². The molecule has 254 valence electrons. The lowest BCUT2D eigenvalue weighted by Gasteiger charge is -2.35. The first-order valence-electron chi connectivity index (χ1n) is 15.1. The van der Waals surface area contributed by atoms with E-state index in [9.17, 15) is 26.7 Å². The van der Waals surface area contributed by atoms with E-state index in [0.29, 0.717) is 25.2 Å². The highest BCUT2D eigenvalue weighted by atomic mass is 32.2. The van der Waals surface area contributed by atoms with Crippen LogP contribution in [0.2, 0.25) is 0 Å². The highest BCUT2D eigenvalue weighted by Crippen LogP contribution is 2.30. The maximum Gasteiger partial charge on any atom is 0.271 e. The van der Waals surface area contributed by atoms with E-state index >= 15 is 0 Å². The van der Waals surface area contributed by atoms with Gasteiger partial charge in [0.2, 0.25) is 0 Å². The smallest absolute Gasteiger partial charge is 0.271 e. The topological polar surface area (TPSA) is 160 Å². The summed E-state index contributed by atoms with van der Waals surface area (Å²) in [5, 5.41) is 11.8. The van der Waals surface area contributed by atoms with E-state index in [4.69, 9.17) is 9.47 Å². The number of carbonyl (C=O) groups excluding carboxylic acids is 1. The molecule has 13 nitrogen and oxygen atoms in total. The SMILES string of the molecule is C[C@H](CO)N1C[C@H](C)[C@H](CN(C)S(=O)(=O)c2cn(C)cn2)OCCCC[C@H](C)Oc2ccc(NS(=O)(=O)c3cccs3)cc2C1=O. The second-order valence-corrected chi connectivity index (χ2v) is 16.6. The van der Waals surface area contributed by atoms with Crippen LogP contribution >= 0.6 is 11.3 Å². The van der Waals surface area contributed by atoms with Gasteiger partial charge in [-0.05, 0) is 62.8 Å². The van der Waals surface area contributed by atoms with E-state index in [-0.39, 0.29) is 52.2 Å². The molecule has 0 bridgehead atoms.